The summed E-state index contributed by atoms with van der Waals surface area (Å²) in [6.45, 7) is 3.79. The van der Waals surface area contributed by atoms with Crippen molar-refractivity contribution in [2.75, 3.05) is 0 Å². The molecule has 0 aromatic heterocycles. The minimum atomic E-state index is -0.404. The third kappa shape index (κ3) is 2.27. The molecule has 0 radical (unpaired) electrons. The van der Waals surface area contributed by atoms with E-state index in [1.54, 1.807) is 0 Å². The standard InChI is InChI=1S/C11H14F2/c1-3-5-9-10(12)6-8(4-2)7-11(9)13/h6-7H,3-5H2,1-2H3. The lowest BCUT2D eigenvalue weighted by atomic mass is 10.0. The molecule has 0 spiro atoms. The molecule has 0 bridgehead atoms. The highest BCUT2D eigenvalue weighted by Crippen LogP contribution is 2.17. The molecule has 0 N–H and O–H groups in total. The highest BCUT2D eigenvalue weighted by molar-refractivity contribution is 5.26. The maximum absolute atomic E-state index is 13.2. The van der Waals surface area contributed by atoms with Crippen LogP contribution >= 0.6 is 0 Å². The molecule has 0 aliphatic carbocycles. The lowest BCUT2D eigenvalue weighted by Crippen LogP contribution is -1.97. The molecule has 0 fully saturated rings. The van der Waals surface area contributed by atoms with Gasteiger partial charge < -0.3 is 0 Å². The molecule has 0 amide bonds. The predicted octanol–water partition coefficient (Wildman–Crippen LogP) is 3.48. The zero-order valence-corrected chi connectivity index (χ0v) is 8.03. The van der Waals surface area contributed by atoms with Crippen molar-refractivity contribution in [3.05, 3.63) is 34.9 Å². The average molecular weight is 184 g/mol. The van der Waals surface area contributed by atoms with E-state index in [0.29, 0.717) is 12.8 Å². The Morgan fingerprint density at radius 3 is 2.00 bits per heavy atom. The van der Waals surface area contributed by atoms with Gasteiger partial charge in [0, 0.05) is 5.56 Å². The summed E-state index contributed by atoms with van der Waals surface area (Å²) in [6, 6.07) is 2.85. The molecular formula is C11H14F2. The Balaban J connectivity index is 3.07. The first-order valence-electron chi connectivity index (χ1n) is 4.65. The molecule has 0 aliphatic rings. The van der Waals surface area contributed by atoms with E-state index in [9.17, 15) is 8.78 Å². The van der Waals surface area contributed by atoms with Crippen molar-refractivity contribution in [2.45, 2.75) is 33.1 Å². The number of aryl methyl sites for hydroxylation is 1. The minimum absolute atomic E-state index is 0.222. The maximum Gasteiger partial charge on any atom is 0.129 e. The quantitative estimate of drug-likeness (QED) is 0.674. The van der Waals surface area contributed by atoms with Gasteiger partial charge in [0.15, 0.2) is 0 Å². The summed E-state index contributed by atoms with van der Waals surface area (Å²) in [5, 5.41) is 0. The van der Waals surface area contributed by atoms with Crippen molar-refractivity contribution in [1.82, 2.24) is 0 Å². The first-order chi connectivity index (χ1) is 6.19. The third-order valence-corrected chi connectivity index (χ3v) is 2.11. The van der Waals surface area contributed by atoms with Crippen LogP contribution in [0, 0.1) is 11.6 Å². The molecule has 0 aliphatic heterocycles. The molecular weight excluding hydrogens is 170 g/mol. The van der Waals surface area contributed by atoms with Crippen LogP contribution in [-0.4, -0.2) is 0 Å². The summed E-state index contributed by atoms with van der Waals surface area (Å²) in [6.07, 6.45) is 1.90. The van der Waals surface area contributed by atoms with E-state index in [0.717, 1.165) is 12.0 Å². The summed E-state index contributed by atoms with van der Waals surface area (Å²) in [7, 11) is 0. The van der Waals surface area contributed by atoms with Crippen LogP contribution in [0.4, 0.5) is 8.78 Å². The van der Waals surface area contributed by atoms with Crippen LogP contribution in [0.25, 0.3) is 0 Å². The van der Waals surface area contributed by atoms with Crippen molar-refractivity contribution < 1.29 is 8.78 Å². The summed E-state index contributed by atoms with van der Waals surface area (Å²) in [5.74, 6) is -0.808. The Bertz CT molecular complexity index is 269. The summed E-state index contributed by atoms with van der Waals surface area (Å²) >= 11 is 0. The molecule has 2 heteroatoms. The SMILES string of the molecule is CCCc1c(F)cc(CC)cc1F. The molecule has 1 aromatic carbocycles. The van der Waals surface area contributed by atoms with Crippen molar-refractivity contribution in [2.24, 2.45) is 0 Å². The van der Waals surface area contributed by atoms with Gasteiger partial charge in [0.2, 0.25) is 0 Å². The van der Waals surface area contributed by atoms with Crippen LogP contribution < -0.4 is 0 Å². The molecule has 0 nitrogen and oxygen atoms in total. The second kappa shape index (κ2) is 4.35. The Morgan fingerprint density at radius 2 is 1.62 bits per heavy atom. The van der Waals surface area contributed by atoms with Gasteiger partial charge in [-0.3, -0.25) is 0 Å². The first kappa shape index (κ1) is 10.2. The third-order valence-electron chi connectivity index (χ3n) is 2.11. The number of benzene rings is 1. The summed E-state index contributed by atoms with van der Waals surface area (Å²) < 4.78 is 26.5. The van der Waals surface area contributed by atoms with Gasteiger partial charge in [0.1, 0.15) is 11.6 Å². The van der Waals surface area contributed by atoms with E-state index >= 15 is 0 Å². The molecule has 1 rings (SSSR count). The fraction of sp³-hybridized carbons (Fsp3) is 0.455. The maximum atomic E-state index is 13.2. The Morgan fingerprint density at radius 1 is 1.08 bits per heavy atom. The largest absolute Gasteiger partial charge is 0.207 e. The monoisotopic (exact) mass is 184 g/mol. The summed E-state index contributed by atoms with van der Waals surface area (Å²) in [4.78, 5) is 0. The van der Waals surface area contributed by atoms with Crippen LogP contribution in [-0.2, 0) is 12.8 Å². The van der Waals surface area contributed by atoms with Crippen molar-refractivity contribution in [3.63, 3.8) is 0 Å². The van der Waals surface area contributed by atoms with Crippen LogP contribution in [0.5, 0.6) is 0 Å². The lowest BCUT2D eigenvalue weighted by Gasteiger charge is -2.05. The summed E-state index contributed by atoms with van der Waals surface area (Å²) in [5.41, 5.74) is 0.939. The predicted molar refractivity (Wildman–Crippen MR) is 49.7 cm³/mol. The van der Waals surface area contributed by atoms with Gasteiger partial charge in [-0.2, -0.15) is 0 Å². The average Bonchev–Trinajstić information content (AvgIpc) is 2.11. The van der Waals surface area contributed by atoms with Gasteiger partial charge in [0.05, 0.1) is 0 Å². The normalized spacial score (nSPS) is 10.5. The topological polar surface area (TPSA) is 0 Å². The number of hydrogen-bond acceptors (Lipinski definition) is 0. The van der Waals surface area contributed by atoms with E-state index in [2.05, 4.69) is 0 Å². The minimum Gasteiger partial charge on any atom is -0.207 e. The number of hydrogen-bond donors (Lipinski definition) is 0. The molecule has 13 heavy (non-hydrogen) atoms. The second-order valence-electron chi connectivity index (χ2n) is 3.14. The lowest BCUT2D eigenvalue weighted by molar-refractivity contribution is 0.550. The van der Waals surface area contributed by atoms with E-state index in [4.69, 9.17) is 0 Å². The molecule has 0 saturated carbocycles. The first-order valence-corrected chi connectivity index (χ1v) is 4.65. The zero-order valence-electron chi connectivity index (χ0n) is 8.03. The fourth-order valence-electron chi connectivity index (χ4n) is 1.35. The molecule has 1 aromatic rings. The zero-order chi connectivity index (χ0) is 9.84. The molecule has 0 heterocycles. The van der Waals surface area contributed by atoms with Crippen LogP contribution in [0.15, 0.2) is 12.1 Å². The Hall–Kier alpha value is -0.920. The van der Waals surface area contributed by atoms with Gasteiger partial charge in [-0.05, 0) is 30.5 Å². The Labute approximate surface area is 77.6 Å². The van der Waals surface area contributed by atoms with E-state index in [1.807, 2.05) is 13.8 Å². The van der Waals surface area contributed by atoms with Gasteiger partial charge >= 0.3 is 0 Å². The Kier molecular flexibility index (Phi) is 3.40. The molecule has 0 unspecified atom stereocenters. The highest BCUT2D eigenvalue weighted by Gasteiger charge is 2.08. The number of rotatable bonds is 3. The van der Waals surface area contributed by atoms with E-state index < -0.39 is 11.6 Å². The van der Waals surface area contributed by atoms with Crippen molar-refractivity contribution in [3.8, 4) is 0 Å². The molecule has 0 atom stereocenters. The van der Waals surface area contributed by atoms with Gasteiger partial charge in [-0.15, -0.1) is 0 Å². The second-order valence-corrected chi connectivity index (χ2v) is 3.14. The van der Waals surface area contributed by atoms with E-state index in [-0.39, 0.29) is 5.56 Å². The molecule has 72 valence electrons. The smallest absolute Gasteiger partial charge is 0.129 e. The fourth-order valence-corrected chi connectivity index (χ4v) is 1.35. The van der Waals surface area contributed by atoms with Crippen molar-refractivity contribution >= 4 is 0 Å². The number of halogens is 2. The van der Waals surface area contributed by atoms with Gasteiger partial charge in [-0.1, -0.05) is 20.3 Å². The van der Waals surface area contributed by atoms with Crippen LogP contribution in [0.2, 0.25) is 0 Å². The van der Waals surface area contributed by atoms with Gasteiger partial charge in [0.25, 0.3) is 0 Å². The van der Waals surface area contributed by atoms with Crippen molar-refractivity contribution in [1.29, 1.82) is 0 Å². The van der Waals surface area contributed by atoms with Crippen LogP contribution in [0.3, 0.4) is 0 Å². The molecule has 0 saturated heterocycles. The van der Waals surface area contributed by atoms with Gasteiger partial charge in [-0.25, -0.2) is 8.78 Å². The van der Waals surface area contributed by atoms with E-state index in [1.165, 1.54) is 12.1 Å². The highest BCUT2D eigenvalue weighted by atomic mass is 19.1. The van der Waals surface area contributed by atoms with Crippen LogP contribution in [0.1, 0.15) is 31.4 Å².